The van der Waals surface area contributed by atoms with Crippen LogP contribution in [-0.4, -0.2) is 14.3 Å². The van der Waals surface area contributed by atoms with E-state index in [2.05, 4.69) is 39.1 Å². The van der Waals surface area contributed by atoms with Gasteiger partial charge in [0.05, 0.1) is 0 Å². The monoisotopic (exact) mass is 432 g/mol. The van der Waals surface area contributed by atoms with Crippen molar-refractivity contribution in [1.82, 2.24) is 0 Å². The van der Waals surface area contributed by atoms with Crippen molar-refractivity contribution < 1.29 is 9.22 Å². The van der Waals surface area contributed by atoms with Crippen molar-refractivity contribution in [1.29, 1.82) is 0 Å². The third-order valence-electron chi connectivity index (χ3n) is 6.15. The van der Waals surface area contributed by atoms with Gasteiger partial charge in [-0.15, -0.1) is 0 Å². The number of rotatable bonds is 18. The third kappa shape index (κ3) is 12.6. The summed E-state index contributed by atoms with van der Waals surface area (Å²) in [5.41, 5.74) is 1.23. The van der Waals surface area contributed by atoms with Gasteiger partial charge in [-0.25, -0.2) is 0 Å². The highest BCUT2D eigenvalue weighted by atomic mass is 28.4. The minimum atomic E-state index is -2.15. The first-order valence-corrected chi connectivity index (χ1v) is 15.7. The molecule has 0 heterocycles. The van der Waals surface area contributed by atoms with Crippen LogP contribution in [-0.2, 0) is 9.22 Å². The van der Waals surface area contributed by atoms with Crippen LogP contribution < -0.4 is 5.19 Å². The zero-order valence-corrected chi connectivity index (χ0v) is 21.4. The summed E-state index contributed by atoms with van der Waals surface area (Å²) in [5, 5.41) is 1.23. The van der Waals surface area contributed by atoms with Crippen molar-refractivity contribution in [2.75, 3.05) is 0 Å². The first-order chi connectivity index (χ1) is 14.5. The van der Waals surface area contributed by atoms with Gasteiger partial charge in [-0.05, 0) is 37.2 Å². The summed E-state index contributed by atoms with van der Waals surface area (Å²) in [6.07, 6.45) is 20.7. The van der Waals surface area contributed by atoms with Crippen LogP contribution in [0.3, 0.4) is 0 Å². The first kappa shape index (κ1) is 26.9. The van der Waals surface area contributed by atoms with E-state index in [0.29, 0.717) is 6.42 Å². The molecule has 0 atom stereocenters. The highest BCUT2D eigenvalue weighted by Gasteiger charge is 2.30. The standard InChI is InChI=1S/C27H48O2Si/c1-5-6-7-8-9-10-11-12-13-14-15-16-17-18-19-24-27(28)29-30(3,4)26-23-21-20-22-25(26)2/h20-23H,5-19,24H2,1-4H3. The van der Waals surface area contributed by atoms with E-state index in [0.717, 1.165) is 12.8 Å². The lowest BCUT2D eigenvalue weighted by molar-refractivity contribution is -0.135. The van der Waals surface area contributed by atoms with Gasteiger partial charge < -0.3 is 4.43 Å². The van der Waals surface area contributed by atoms with Crippen molar-refractivity contribution in [2.24, 2.45) is 0 Å². The number of carbonyl (C=O) groups is 1. The van der Waals surface area contributed by atoms with Gasteiger partial charge in [-0.1, -0.05) is 121 Å². The predicted molar refractivity (Wildman–Crippen MR) is 134 cm³/mol. The Kier molecular flexibility index (Phi) is 14.9. The molecule has 0 aromatic heterocycles. The molecule has 0 saturated carbocycles. The maximum atomic E-state index is 12.3. The SMILES string of the molecule is CCCCCCCCCCCCCCCCCC(=O)O[Si](C)(C)c1ccccc1C. The van der Waals surface area contributed by atoms with Gasteiger partial charge in [0, 0.05) is 6.42 Å². The second-order valence-electron chi connectivity index (χ2n) is 9.50. The highest BCUT2D eigenvalue weighted by molar-refractivity contribution is 6.85. The highest BCUT2D eigenvalue weighted by Crippen LogP contribution is 2.15. The average Bonchev–Trinajstić information content (AvgIpc) is 2.70. The molecule has 0 aliphatic rings. The molecular formula is C27H48O2Si. The van der Waals surface area contributed by atoms with E-state index >= 15 is 0 Å². The molecule has 0 saturated heterocycles. The average molecular weight is 433 g/mol. The predicted octanol–water partition coefficient (Wildman–Crippen LogP) is 8.21. The minimum Gasteiger partial charge on any atom is -0.515 e. The van der Waals surface area contributed by atoms with E-state index < -0.39 is 8.32 Å². The van der Waals surface area contributed by atoms with Crippen LogP contribution >= 0.6 is 0 Å². The fourth-order valence-corrected chi connectivity index (χ4v) is 6.59. The van der Waals surface area contributed by atoms with Crippen molar-refractivity contribution in [3.63, 3.8) is 0 Å². The largest absolute Gasteiger partial charge is 0.515 e. The van der Waals surface area contributed by atoms with E-state index in [9.17, 15) is 4.79 Å². The van der Waals surface area contributed by atoms with Crippen LogP contribution in [0.15, 0.2) is 24.3 Å². The molecule has 3 heteroatoms. The van der Waals surface area contributed by atoms with Crippen LogP contribution in [0.25, 0.3) is 0 Å². The van der Waals surface area contributed by atoms with Crippen molar-refractivity contribution in [3.05, 3.63) is 29.8 Å². The maximum absolute atomic E-state index is 12.3. The van der Waals surface area contributed by atoms with Gasteiger partial charge in [0.15, 0.2) is 0 Å². The molecule has 30 heavy (non-hydrogen) atoms. The van der Waals surface area contributed by atoms with Gasteiger partial charge in [-0.2, -0.15) is 0 Å². The molecule has 0 aliphatic heterocycles. The molecule has 0 radical (unpaired) electrons. The van der Waals surface area contributed by atoms with Crippen LogP contribution in [0.1, 0.15) is 115 Å². The third-order valence-corrected chi connectivity index (χ3v) is 8.74. The van der Waals surface area contributed by atoms with E-state index in [1.165, 1.54) is 94.2 Å². The Bertz CT molecular complexity index is 568. The van der Waals surface area contributed by atoms with Crippen LogP contribution in [0.5, 0.6) is 0 Å². The lowest BCUT2D eigenvalue weighted by Gasteiger charge is -2.24. The summed E-state index contributed by atoms with van der Waals surface area (Å²) in [4.78, 5) is 12.3. The Morgan fingerprint density at radius 1 is 0.733 bits per heavy atom. The Morgan fingerprint density at radius 2 is 1.17 bits per heavy atom. The van der Waals surface area contributed by atoms with Crippen LogP contribution in [0.4, 0.5) is 0 Å². The zero-order chi connectivity index (χ0) is 22.1. The molecule has 1 rings (SSSR count). The molecule has 172 valence electrons. The lowest BCUT2D eigenvalue weighted by Crippen LogP contribution is -2.47. The number of benzene rings is 1. The Morgan fingerprint density at radius 3 is 1.63 bits per heavy atom. The summed E-state index contributed by atoms with van der Waals surface area (Å²) in [6.45, 7) is 8.63. The summed E-state index contributed by atoms with van der Waals surface area (Å²) in [7, 11) is -2.15. The molecule has 0 bridgehead atoms. The van der Waals surface area contributed by atoms with Crippen molar-refractivity contribution in [3.8, 4) is 0 Å². The molecule has 0 amide bonds. The van der Waals surface area contributed by atoms with Gasteiger partial charge in [-0.3, -0.25) is 4.79 Å². The molecule has 1 aromatic carbocycles. The van der Waals surface area contributed by atoms with Crippen LogP contribution in [0.2, 0.25) is 13.1 Å². The van der Waals surface area contributed by atoms with Crippen molar-refractivity contribution >= 4 is 19.5 Å². The number of unbranched alkanes of at least 4 members (excludes halogenated alkanes) is 14. The molecule has 0 aliphatic carbocycles. The zero-order valence-electron chi connectivity index (χ0n) is 20.4. The topological polar surface area (TPSA) is 26.3 Å². The molecule has 0 N–H and O–H groups in total. The number of aryl methyl sites for hydroxylation is 1. The molecule has 2 nitrogen and oxygen atoms in total. The Balaban J connectivity index is 1.95. The Labute approximate surface area is 188 Å². The fourth-order valence-electron chi connectivity index (χ4n) is 4.28. The Hall–Kier alpha value is -1.09. The molecule has 1 aromatic rings. The summed E-state index contributed by atoms with van der Waals surface area (Å²) in [6, 6.07) is 8.30. The van der Waals surface area contributed by atoms with E-state index in [1.54, 1.807) is 0 Å². The van der Waals surface area contributed by atoms with Gasteiger partial charge in [0.1, 0.15) is 0 Å². The lowest BCUT2D eigenvalue weighted by atomic mass is 10.0. The second-order valence-corrected chi connectivity index (χ2v) is 13.3. The quantitative estimate of drug-likeness (QED) is 0.172. The number of carbonyl (C=O) groups excluding carboxylic acids is 1. The van der Waals surface area contributed by atoms with E-state index in [-0.39, 0.29) is 5.97 Å². The van der Waals surface area contributed by atoms with E-state index in [1.807, 2.05) is 12.1 Å². The second kappa shape index (κ2) is 16.6. The van der Waals surface area contributed by atoms with Crippen LogP contribution in [0, 0.1) is 6.92 Å². The van der Waals surface area contributed by atoms with Crippen molar-refractivity contribution in [2.45, 2.75) is 130 Å². The van der Waals surface area contributed by atoms with Gasteiger partial charge >= 0.3 is 0 Å². The summed E-state index contributed by atoms with van der Waals surface area (Å²) >= 11 is 0. The number of hydrogen-bond donors (Lipinski definition) is 0. The summed E-state index contributed by atoms with van der Waals surface area (Å²) < 4.78 is 5.92. The molecule has 0 unspecified atom stereocenters. The molecule has 0 fully saturated rings. The number of hydrogen-bond acceptors (Lipinski definition) is 2. The molecule has 0 spiro atoms. The minimum absolute atomic E-state index is 0.00962. The summed E-state index contributed by atoms with van der Waals surface area (Å²) in [5.74, 6) is -0.00962. The maximum Gasteiger partial charge on any atom is 0.292 e. The van der Waals surface area contributed by atoms with E-state index in [4.69, 9.17) is 4.43 Å². The molecular weight excluding hydrogens is 384 g/mol. The van der Waals surface area contributed by atoms with Gasteiger partial charge in [0.2, 0.25) is 0 Å². The first-order valence-electron chi connectivity index (χ1n) is 12.8. The van der Waals surface area contributed by atoms with Gasteiger partial charge in [0.25, 0.3) is 14.3 Å². The fraction of sp³-hybridized carbons (Fsp3) is 0.741. The normalized spacial score (nSPS) is 11.6. The smallest absolute Gasteiger partial charge is 0.292 e.